The van der Waals surface area contributed by atoms with Crippen molar-refractivity contribution >= 4 is 17.8 Å². The number of amides is 1. The summed E-state index contributed by atoms with van der Waals surface area (Å²) < 4.78 is 2.10. The molecule has 0 saturated heterocycles. The first kappa shape index (κ1) is 21.6. The van der Waals surface area contributed by atoms with Crippen molar-refractivity contribution < 1.29 is 9.72 Å². The number of non-ortho nitro benzene ring substituents is 1. The molecule has 1 N–H and O–H groups in total. The standard InChI is InChI=1S/C25H21N5O3/c1-17-15-22(16-27-28-25(31)21-11-13-26-14-12-21)18(2)29(17)23-7-3-19(4-8-23)20-5-9-24(10-6-20)30(32)33/h3-16H,1-2H3,(H,28,31)/b27-16+. The fourth-order valence-electron chi connectivity index (χ4n) is 3.62. The van der Waals surface area contributed by atoms with Crippen molar-refractivity contribution in [2.75, 3.05) is 0 Å². The summed E-state index contributed by atoms with van der Waals surface area (Å²) in [4.78, 5) is 26.5. The summed E-state index contributed by atoms with van der Waals surface area (Å²) in [5, 5.41) is 14.9. The fourth-order valence-corrected chi connectivity index (χ4v) is 3.62. The van der Waals surface area contributed by atoms with Gasteiger partial charge in [-0.05, 0) is 67.4 Å². The number of rotatable bonds is 6. The lowest BCUT2D eigenvalue weighted by atomic mass is 10.0. The number of nitro benzene ring substituents is 1. The lowest BCUT2D eigenvalue weighted by Crippen LogP contribution is -2.17. The number of nitrogens with one attached hydrogen (secondary N) is 1. The minimum absolute atomic E-state index is 0.0696. The maximum Gasteiger partial charge on any atom is 0.271 e. The molecule has 0 aliphatic rings. The van der Waals surface area contributed by atoms with Gasteiger partial charge in [-0.2, -0.15) is 5.10 Å². The van der Waals surface area contributed by atoms with Gasteiger partial charge in [0.15, 0.2) is 0 Å². The number of benzene rings is 2. The summed E-state index contributed by atoms with van der Waals surface area (Å²) >= 11 is 0. The highest BCUT2D eigenvalue weighted by Gasteiger charge is 2.11. The van der Waals surface area contributed by atoms with Crippen LogP contribution in [-0.2, 0) is 0 Å². The number of aryl methyl sites for hydroxylation is 1. The van der Waals surface area contributed by atoms with E-state index in [1.54, 1.807) is 42.9 Å². The third-order valence-corrected chi connectivity index (χ3v) is 5.32. The quantitative estimate of drug-likeness (QED) is 0.264. The molecule has 8 nitrogen and oxygen atoms in total. The molecule has 0 aliphatic heterocycles. The Morgan fingerprint density at radius 3 is 2.21 bits per heavy atom. The molecule has 4 rings (SSSR count). The molecule has 2 heterocycles. The highest BCUT2D eigenvalue weighted by atomic mass is 16.6. The summed E-state index contributed by atoms with van der Waals surface area (Å²) in [7, 11) is 0. The van der Waals surface area contributed by atoms with Crippen LogP contribution in [0.1, 0.15) is 27.3 Å². The largest absolute Gasteiger partial charge is 0.318 e. The summed E-state index contributed by atoms with van der Waals surface area (Å²) in [6, 6.07) is 19.7. The first-order chi connectivity index (χ1) is 15.9. The Kier molecular flexibility index (Phi) is 6.08. The Hall–Kier alpha value is -4.59. The van der Waals surface area contributed by atoms with Gasteiger partial charge < -0.3 is 4.57 Å². The zero-order valence-electron chi connectivity index (χ0n) is 18.1. The van der Waals surface area contributed by atoms with E-state index in [9.17, 15) is 14.9 Å². The molecule has 0 aliphatic carbocycles. The van der Waals surface area contributed by atoms with Gasteiger partial charge in [-0.25, -0.2) is 5.43 Å². The number of pyridine rings is 1. The molecule has 33 heavy (non-hydrogen) atoms. The van der Waals surface area contributed by atoms with E-state index in [1.165, 1.54) is 12.1 Å². The molecule has 2 aromatic carbocycles. The molecule has 4 aromatic rings. The summed E-state index contributed by atoms with van der Waals surface area (Å²) in [5.74, 6) is -0.302. The lowest BCUT2D eigenvalue weighted by Gasteiger charge is -2.11. The Morgan fingerprint density at radius 2 is 1.61 bits per heavy atom. The number of hydrazone groups is 1. The maximum atomic E-state index is 12.1. The van der Waals surface area contributed by atoms with Gasteiger partial charge in [-0.3, -0.25) is 19.9 Å². The van der Waals surface area contributed by atoms with Crippen molar-refractivity contribution in [3.8, 4) is 16.8 Å². The van der Waals surface area contributed by atoms with Crippen molar-refractivity contribution in [1.29, 1.82) is 0 Å². The second kappa shape index (κ2) is 9.27. The van der Waals surface area contributed by atoms with Crippen LogP contribution in [0.5, 0.6) is 0 Å². The second-order valence-electron chi connectivity index (χ2n) is 7.45. The van der Waals surface area contributed by atoms with E-state index >= 15 is 0 Å². The van der Waals surface area contributed by atoms with Gasteiger partial charge in [-0.15, -0.1) is 0 Å². The maximum absolute atomic E-state index is 12.1. The highest BCUT2D eigenvalue weighted by molar-refractivity contribution is 5.94. The van der Waals surface area contributed by atoms with Gasteiger partial charge in [0.1, 0.15) is 0 Å². The van der Waals surface area contributed by atoms with Crippen LogP contribution in [0.4, 0.5) is 5.69 Å². The van der Waals surface area contributed by atoms with Crippen LogP contribution in [0.25, 0.3) is 16.8 Å². The van der Waals surface area contributed by atoms with E-state index < -0.39 is 4.92 Å². The van der Waals surface area contributed by atoms with Crippen molar-refractivity contribution in [3.05, 3.63) is 112 Å². The van der Waals surface area contributed by atoms with Gasteiger partial charge >= 0.3 is 0 Å². The number of nitrogens with zero attached hydrogens (tertiary/aromatic N) is 4. The lowest BCUT2D eigenvalue weighted by molar-refractivity contribution is -0.384. The number of aromatic nitrogens is 2. The monoisotopic (exact) mass is 439 g/mol. The van der Waals surface area contributed by atoms with E-state index in [0.717, 1.165) is 33.8 Å². The number of carbonyl (C=O) groups excluding carboxylic acids is 1. The van der Waals surface area contributed by atoms with Crippen LogP contribution < -0.4 is 5.43 Å². The molecule has 0 saturated carbocycles. The molecule has 2 aromatic heterocycles. The molecule has 0 radical (unpaired) electrons. The zero-order chi connectivity index (χ0) is 23.4. The Morgan fingerprint density at radius 1 is 1.00 bits per heavy atom. The van der Waals surface area contributed by atoms with Crippen LogP contribution >= 0.6 is 0 Å². The molecule has 8 heteroatoms. The average Bonchev–Trinajstić information content (AvgIpc) is 3.12. The number of carbonyl (C=O) groups is 1. The summed E-state index contributed by atoms with van der Waals surface area (Å²) in [6.07, 6.45) is 4.74. The smallest absolute Gasteiger partial charge is 0.271 e. The summed E-state index contributed by atoms with van der Waals surface area (Å²) in [5.41, 5.74) is 8.85. The molecule has 0 spiro atoms. The zero-order valence-corrected chi connectivity index (χ0v) is 18.1. The number of hydrogen-bond acceptors (Lipinski definition) is 5. The van der Waals surface area contributed by atoms with Gasteiger partial charge in [0.2, 0.25) is 0 Å². The summed E-state index contributed by atoms with van der Waals surface area (Å²) in [6.45, 7) is 3.99. The molecule has 1 amide bonds. The van der Waals surface area contributed by atoms with Crippen molar-refractivity contribution in [2.45, 2.75) is 13.8 Å². The molecule has 0 fully saturated rings. The molecule has 0 unspecified atom stereocenters. The Balaban J connectivity index is 1.51. The first-order valence-electron chi connectivity index (χ1n) is 10.2. The van der Waals surface area contributed by atoms with E-state index in [0.29, 0.717) is 5.56 Å². The second-order valence-corrected chi connectivity index (χ2v) is 7.45. The van der Waals surface area contributed by atoms with Crippen LogP contribution in [0.2, 0.25) is 0 Å². The van der Waals surface area contributed by atoms with Crippen LogP contribution in [-0.4, -0.2) is 26.6 Å². The van der Waals surface area contributed by atoms with Crippen LogP contribution in [0.3, 0.4) is 0 Å². The minimum Gasteiger partial charge on any atom is -0.318 e. The van der Waals surface area contributed by atoms with E-state index in [-0.39, 0.29) is 11.6 Å². The molecule has 0 bridgehead atoms. The SMILES string of the molecule is Cc1cc(/C=N/NC(=O)c2ccncc2)c(C)n1-c1ccc(-c2ccc([N+](=O)[O-])cc2)cc1. The Labute approximate surface area is 190 Å². The molecule has 0 atom stereocenters. The predicted octanol–water partition coefficient (Wildman–Crippen LogP) is 4.83. The van der Waals surface area contributed by atoms with Gasteiger partial charge in [-0.1, -0.05) is 12.1 Å². The first-order valence-corrected chi connectivity index (χ1v) is 10.2. The topological polar surface area (TPSA) is 102 Å². The normalized spacial score (nSPS) is 11.0. The van der Waals surface area contributed by atoms with E-state index in [1.807, 2.05) is 44.2 Å². The van der Waals surface area contributed by atoms with E-state index in [2.05, 4.69) is 20.1 Å². The predicted molar refractivity (Wildman–Crippen MR) is 127 cm³/mol. The van der Waals surface area contributed by atoms with Crippen molar-refractivity contribution in [1.82, 2.24) is 15.0 Å². The minimum atomic E-state index is -0.407. The molecule has 164 valence electrons. The van der Waals surface area contributed by atoms with Crippen molar-refractivity contribution in [3.63, 3.8) is 0 Å². The van der Waals surface area contributed by atoms with Gasteiger partial charge in [0.05, 0.1) is 11.1 Å². The fraction of sp³-hybridized carbons (Fsp3) is 0.0800. The van der Waals surface area contributed by atoms with Crippen LogP contribution in [0.15, 0.2) is 84.2 Å². The number of nitro groups is 1. The van der Waals surface area contributed by atoms with Gasteiger partial charge in [0.25, 0.3) is 11.6 Å². The molecular weight excluding hydrogens is 418 g/mol. The molecular formula is C25H21N5O3. The average molecular weight is 439 g/mol. The Bertz CT molecular complexity index is 1330. The highest BCUT2D eigenvalue weighted by Crippen LogP contribution is 2.25. The van der Waals surface area contributed by atoms with Crippen molar-refractivity contribution in [2.24, 2.45) is 5.10 Å². The number of hydrogen-bond donors (Lipinski definition) is 1. The third-order valence-electron chi connectivity index (χ3n) is 5.32. The van der Waals surface area contributed by atoms with Gasteiger partial charge in [0, 0.05) is 52.7 Å². The van der Waals surface area contributed by atoms with E-state index in [4.69, 9.17) is 0 Å². The third kappa shape index (κ3) is 4.69. The van der Waals surface area contributed by atoms with Crippen LogP contribution in [0, 0.1) is 24.0 Å².